The summed E-state index contributed by atoms with van der Waals surface area (Å²) < 4.78 is 4.75. The zero-order chi connectivity index (χ0) is 18.6. The lowest BCUT2D eigenvalue weighted by Gasteiger charge is -2.08. The quantitative estimate of drug-likeness (QED) is 0.500. The summed E-state index contributed by atoms with van der Waals surface area (Å²) in [5, 5.41) is 12.7. The lowest BCUT2D eigenvalue weighted by molar-refractivity contribution is -0.135. The minimum atomic E-state index is -0.673. The van der Waals surface area contributed by atoms with Crippen molar-refractivity contribution in [2.45, 2.75) is 20.8 Å². The number of ketones is 1. The van der Waals surface area contributed by atoms with E-state index >= 15 is 0 Å². The number of esters is 1. The van der Waals surface area contributed by atoms with Gasteiger partial charge in [0.2, 0.25) is 0 Å². The number of nitrogens with zero attached hydrogens (tertiary/aromatic N) is 1. The highest BCUT2D eigenvalue weighted by atomic mass is 32.1. The number of rotatable bonds is 5. The van der Waals surface area contributed by atoms with Gasteiger partial charge in [-0.3, -0.25) is 4.79 Å². The second-order valence-corrected chi connectivity index (χ2v) is 6.73. The number of carbonyl (C=O) groups is 2. The summed E-state index contributed by atoms with van der Waals surface area (Å²) >= 11 is 1.35. The molecule has 0 bridgehead atoms. The fourth-order valence-electron chi connectivity index (χ4n) is 2.16. The van der Waals surface area contributed by atoms with Gasteiger partial charge in [0.25, 0.3) is 0 Å². The van der Waals surface area contributed by atoms with Crippen molar-refractivity contribution in [3.05, 3.63) is 63.2 Å². The summed E-state index contributed by atoms with van der Waals surface area (Å²) in [6.07, 6.45) is 1.20. The number of hydrogen-bond acceptors (Lipinski definition) is 6. The molecule has 6 heteroatoms. The fraction of sp³-hybridized carbons (Fsp3) is 0.211. The van der Waals surface area contributed by atoms with Gasteiger partial charge >= 0.3 is 5.97 Å². The van der Waals surface area contributed by atoms with Crippen LogP contribution in [-0.4, -0.2) is 18.9 Å². The van der Waals surface area contributed by atoms with Crippen LogP contribution in [0.1, 0.15) is 31.9 Å². The van der Waals surface area contributed by atoms with E-state index in [1.165, 1.54) is 24.5 Å². The maximum atomic E-state index is 12.4. The number of allylic oxidation sites excluding steroid dienone is 1. The summed E-state index contributed by atoms with van der Waals surface area (Å²) in [5.74, 6) is -0.996. The molecule has 1 heterocycles. The van der Waals surface area contributed by atoms with E-state index in [2.05, 4.69) is 11.4 Å². The average Bonchev–Trinajstić information content (AvgIpc) is 2.87. The fourth-order valence-corrected chi connectivity index (χ4v) is 3.18. The summed E-state index contributed by atoms with van der Waals surface area (Å²) in [7, 11) is 1.24. The first kappa shape index (κ1) is 18.4. The normalized spacial score (nSPS) is 10.9. The number of anilines is 1. The molecule has 2 aromatic rings. The number of benzene rings is 1. The number of thiophene rings is 1. The lowest BCUT2D eigenvalue weighted by Crippen LogP contribution is -2.15. The van der Waals surface area contributed by atoms with Gasteiger partial charge in [0.05, 0.1) is 12.7 Å². The Balaban J connectivity index is 2.38. The van der Waals surface area contributed by atoms with Gasteiger partial charge in [0.1, 0.15) is 16.8 Å². The molecule has 0 spiro atoms. The van der Waals surface area contributed by atoms with Crippen molar-refractivity contribution < 1.29 is 14.3 Å². The molecule has 0 radical (unpaired) electrons. The Kier molecular flexibility index (Phi) is 5.73. The standard InChI is InChI=1S/C19H18N2O3S/c1-11-5-7-14(8-6-11)17(22)9-16(19(23)24-4)21-18-15(10-20)12(2)13(3)25-18/h5-9,21H,1-4H3. The first-order chi connectivity index (χ1) is 11.9. The molecule has 0 atom stereocenters. The smallest absolute Gasteiger partial charge is 0.354 e. The molecule has 128 valence electrons. The first-order valence-electron chi connectivity index (χ1n) is 7.55. The van der Waals surface area contributed by atoms with E-state index in [4.69, 9.17) is 4.74 Å². The van der Waals surface area contributed by atoms with Crippen LogP contribution in [0.2, 0.25) is 0 Å². The van der Waals surface area contributed by atoms with Gasteiger partial charge in [-0.25, -0.2) is 4.79 Å². The highest BCUT2D eigenvalue weighted by Crippen LogP contribution is 2.32. The van der Waals surface area contributed by atoms with Crippen LogP contribution in [0.15, 0.2) is 36.0 Å². The third-order valence-electron chi connectivity index (χ3n) is 3.76. The van der Waals surface area contributed by atoms with Crippen LogP contribution in [0.25, 0.3) is 0 Å². The van der Waals surface area contributed by atoms with Crippen LogP contribution in [-0.2, 0) is 9.53 Å². The molecule has 1 aromatic heterocycles. The van der Waals surface area contributed by atoms with Crippen molar-refractivity contribution in [1.29, 1.82) is 5.26 Å². The van der Waals surface area contributed by atoms with Crippen molar-refractivity contribution >= 4 is 28.1 Å². The van der Waals surface area contributed by atoms with Gasteiger partial charge in [-0.15, -0.1) is 11.3 Å². The van der Waals surface area contributed by atoms with Crippen LogP contribution < -0.4 is 5.32 Å². The molecular weight excluding hydrogens is 336 g/mol. The third kappa shape index (κ3) is 4.14. The Morgan fingerprint density at radius 3 is 2.40 bits per heavy atom. The molecular formula is C19H18N2O3S. The molecule has 0 unspecified atom stereocenters. The zero-order valence-corrected chi connectivity index (χ0v) is 15.3. The molecule has 2 rings (SSSR count). The molecule has 0 fully saturated rings. The second-order valence-electron chi connectivity index (χ2n) is 5.50. The summed E-state index contributed by atoms with van der Waals surface area (Å²) in [6.45, 7) is 5.66. The van der Waals surface area contributed by atoms with Crippen LogP contribution in [0.5, 0.6) is 0 Å². The van der Waals surface area contributed by atoms with Crippen molar-refractivity contribution in [2.75, 3.05) is 12.4 Å². The highest BCUT2D eigenvalue weighted by molar-refractivity contribution is 7.16. The maximum absolute atomic E-state index is 12.4. The SMILES string of the molecule is COC(=O)C(=CC(=O)c1ccc(C)cc1)Nc1sc(C)c(C)c1C#N. The Morgan fingerprint density at radius 1 is 1.20 bits per heavy atom. The Bertz CT molecular complexity index is 887. The van der Waals surface area contributed by atoms with E-state index in [1.807, 2.05) is 32.9 Å². The van der Waals surface area contributed by atoms with Crippen LogP contribution in [0.3, 0.4) is 0 Å². The molecule has 5 nitrogen and oxygen atoms in total. The number of ether oxygens (including phenoxy) is 1. The summed E-state index contributed by atoms with van der Waals surface area (Å²) in [4.78, 5) is 25.4. The van der Waals surface area contributed by atoms with Crippen LogP contribution >= 0.6 is 11.3 Å². The average molecular weight is 354 g/mol. The molecule has 0 aliphatic heterocycles. The number of methoxy groups -OCH3 is 1. The monoisotopic (exact) mass is 354 g/mol. The lowest BCUT2D eigenvalue weighted by atomic mass is 10.1. The first-order valence-corrected chi connectivity index (χ1v) is 8.37. The van der Waals surface area contributed by atoms with E-state index in [9.17, 15) is 14.9 Å². The van der Waals surface area contributed by atoms with Gasteiger partial charge in [-0.2, -0.15) is 5.26 Å². The molecule has 0 saturated carbocycles. The van der Waals surface area contributed by atoms with Gasteiger partial charge < -0.3 is 10.1 Å². The van der Waals surface area contributed by atoms with Crippen molar-refractivity contribution in [2.24, 2.45) is 0 Å². The molecule has 1 N–H and O–H groups in total. The third-order valence-corrected chi connectivity index (χ3v) is 4.88. The van der Waals surface area contributed by atoms with Gasteiger partial charge in [0.15, 0.2) is 5.78 Å². The predicted molar refractivity (Wildman–Crippen MR) is 97.7 cm³/mol. The molecule has 0 amide bonds. The Morgan fingerprint density at radius 2 is 1.84 bits per heavy atom. The second kappa shape index (κ2) is 7.77. The van der Waals surface area contributed by atoms with E-state index in [0.717, 1.165) is 16.0 Å². The Hall–Kier alpha value is -2.91. The maximum Gasteiger partial charge on any atom is 0.354 e. The minimum Gasteiger partial charge on any atom is -0.464 e. The van der Waals surface area contributed by atoms with E-state index in [0.29, 0.717) is 16.1 Å². The van der Waals surface area contributed by atoms with Crippen molar-refractivity contribution in [3.63, 3.8) is 0 Å². The van der Waals surface area contributed by atoms with E-state index in [1.54, 1.807) is 12.1 Å². The molecule has 0 aliphatic carbocycles. The number of nitriles is 1. The number of hydrogen-bond donors (Lipinski definition) is 1. The van der Waals surface area contributed by atoms with Crippen LogP contribution in [0.4, 0.5) is 5.00 Å². The number of carbonyl (C=O) groups excluding carboxylic acids is 2. The minimum absolute atomic E-state index is 0.00850. The van der Waals surface area contributed by atoms with Gasteiger partial charge in [-0.1, -0.05) is 29.8 Å². The molecule has 0 aliphatic rings. The van der Waals surface area contributed by atoms with E-state index in [-0.39, 0.29) is 11.5 Å². The van der Waals surface area contributed by atoms with Crippen molar-refractivity contribution in [3.8, 4) is 6.07 Å². The molecule has 25 heavy (non-hydrogen) atoms. The van der Waals surface area contributed by atoms with Gasteiger partial charge in [-0.05, 0) is 26.3 Å². The van der Waals surface area contributed by atoms with E-state index < -0.39 is 5.97 Å². The zero-order valence-electron chi connectivity index (χ0n) is 14.5. The topological polar surface area (TPSA) is 79.2 Å². The van der Waals surface area contributed by atoms with Gasteiger partial charge in [0, 0.05) is 16.5 Å². The molecule has 0 saturated heterocycles. The predicted octanol–water partition coefficient (Wildman–Crippen LogP) is 3.90. The Labute approximate surface area is 150 Å². The van der Waals surface area contributed by atoms with Crippen LogP contribution in [0, 0.1) is 32.1 Å². The number of nitrogens with one attached hydrogen (secondary N) is 1. The summed E-state index contributed by atoms with van der Waals surface area (Å²) in [6, 6.07) is 9.17. The molecule has 1 aromatic carbocycles. The highest BCUT2D eigenvalue weighted by Gasteiger charge is 2.18. The summed E-state index contributed by atoms with van der Waals surface area (Å²) in [5.41, 5.74) is 2.80. The largest absolute Gasteiger partial charge is 0.464 e. The number of aryl methyl sites for hydroxylation is 2. The van der Waals surface area contributed by atoms with Crippen molar-refractivity contribution in [1.82, 2.24) is 0 Å².